The number of hydrogen-bond donors (Lipinski definition) is 0. The van der Waals surface area contributed by atoms with Gasteiger partial charge in [0.25, 0.3) is 0 Å². The van der Waals surface area contributed by atoms with Gasteiger partial charge < -0.3 is 4.42 Å². The monoisotopic (exact) mass is 227 g/mol. The molecule has 0 radical (unpaired) electrons. The molecule has 0 aliphatic carbocycles. The number of nitrogens with zero attached hydrogens (tertiary/aromatic N) is 1. The van der Waals surface area contributed by atoms with Crippen LogP contribution in [0.4, 0.5) is 0 Å². The van der Waals surface area contributed by atoms with Gasteiger partial charge in [0.1, 0.15) is 11.5 Å². The molecule has 2 aromatic rings. The molecular weight excluding hydrogens is 214 g/mol. The lowest BCUT2D eigenvalue weighted by molar-refractivity contribution is -0.116. The fourth-order valence-electron chi connectivity index (χ4n) is 1.61. The standard InChI is InChI=1S/C14H13NO2/c1-10-8-13(15-11(2)16)9-14(17-10)12-6-4-3-5-7-12/h3-9H,1-2H3. The Kier molecular flexibility index (Phi) is 3.19. The van der Waals surface area contributed by atoms with Crippen LogP contribution in [-0.4, -0.2) is 5.91 Å². The fraction of sp³-hybridized carbons (Fsp3) is 0.143. The van der Waals surface area contributed by atoms with Crippen LogP contribution in [0.25, 0.3) is 11.3 Å². The Labute approximate surface area is 99.4 Å². The molecule has 0 fully saturated rings. The maximum absolute atomic E-state index is 11.0. The highest BCUT2D eigenvalue weighted by Crippen LogP contribution is 2.17. The van der Waals surface area contributed by atoms with Gasteiger partial charge in [0.15, 0.2) is 0 Å². The number of carbonyl (C=O) groups is 1. The average Bonchev–Trinajstić information content (AvgIpc) is 2.28. The summed E-state index contributed by atoms with van der Waals surface area (Å²) >= 11 is 0. The SMILES string of the molecule is CC(=O)N=c1cc(C)oc(-c2ccccc2)c1. The predicted molar refractivity (Wildman–Crippen MR) is 65.1 cm³/mol. The Morgan fingerprint density at radius 1 is 1.18 bits per heavy atom. The molecule has 0 unspecified atom stereocenters. The van der Waals surface area contributed by atoms with Gasteiger partial charge in [0.05, 0.1) is 5.36 Å². The van der Waals surface area contributed by atoms with Crippen molar-refractivity contribution >= 4 is 5.91 Å². The minimum Gasteiger partial charge on any atom is -0.461 e. The van der Waals surface area contributed by atoms with E-state index >= 15 is 0 Å². The molecule has 0 spiro atoms. The van der Waals surface area contributed by atoms with E-state index in [4.69, 9.17) is 4.42 Å². The third-order valence-electron chi connectivity index (χ3n) is 2.25. The number of amides is 1. The van der Waals surface area contributed by atoms with Crippen LogP contribution in [0.2, 0.25) is 0 Å². The summed E-state index contributed by atoms with van der Waals surface area (Å²) in [6, 6.07) is 13.2. The second-order valence-corrected chi connectivity index (χ2v) is 3.79. The van der Waals surface area contributed by atoms with Gasteiger partial charge in [-0.1, -0.05) is 30.3 Å². The Morgan fingerprint density at radius 3 is 2.53 bits per heavy atom. The van der Waals surface area contributed by atoms with E-state index in [0.29, 0.717) is 11.1 Å². The van der Waals surface area contributed by atoms with Crippen LogP contribution in [0.15, 0.2) is 51.9 Å². The van der Waals surface area contributed by atoms with Gasteiger partial charge in [0.2, 0.25) is 5.91 Å². The summed E-state index contributed by atoms with van der Waals surface area (Å²) in [6.07, 6.45) is 0. The Bertz CT molecular complexity index is 597. The highest BCUT2D eigenvalue weighted by Gasteiger charge is 2.01. The van der Waals surface area contributed by atoms with Gasteiger partial charge >= 0.3 is 0 Å². The number of aryl methyl sites for hydroxylation is 1. The summed E-state index contributed by atoms with van der Waals surface area (Å²) in [6.45, 7) is 3.27. The summed E-state index contributed by atoms with van der Waals surface area (Å²) in [5.74, 6) is 1.23. The molecule has 2 rings (SSSR count). The molecule has 3 nitrogen and oxygen atoms in total. The van der Waals surface area contributed by atoms with E-state index in [1.165, 1.54) is 6.92 Å². The highest BCUT2D eigenvalue weighted by atomic mass is 16.3. The van der Waals surface area contributed by atoms with Crippen LogP contribution < -0.4 is 5.36 Å². The van der Waals surface area contributed by atoms with Crippen molar-refractivity contribution in [3.8, 4) is 11.3 Å². The van der Waals surface area contributed by atoms with Crippen LogP contribution in [0.5, 0.6) is 0 Å². The van der Waals surface area contributed by atoms with Crippen molar-refractivity contribution in [3.05, 3.63) is 53.6 Å². The molecule has 0 aliphatic rings. The van der Waals surface area contributed by atoms with Crippen LogP contribution in [0, 0.1) is 6.92 Å². The first-order valence-corrected chi connectivity index (χ1v) is 5.37. The van der Waals surface area contributed by atoms with Gasteiger partial charge in [-0.25, -0.2) is 4.99 Å². The second-order valence-electron chi connectivity index (χ2n) is 3.79. The van der Waals surface area contributed by atoms with E-state index in [2.05, 4.69) is 4.99 Å². The molecule has 0 bridgehead atoms. The molecule has 0 N–H and O–H groups in total. The highest BCUT2D eigenvalue weighted by molar-refractivity contribution is 5.74. The maximum Gasteiger partial charge on any atom is 0.243 e. The summed E-state index contributed by atoms with van der Waals surface area (Å²) in [7, 11) is 0. The first-order chi connectivity index (χ1) is 8.15. The Morgan fingerprint density at radius 2 is 1.88 bits per heavy atom. The first kappa shape index (κ1) is 11.3. The zero-order valence-electron chi connectivity index (χ0n) is 9.81. The zero-order chi connectivity index (χ0) is 12.3. The van der Waals surface area contributed by atoms with Gasteiger partial charge in [-0.15, -0.1) is 0 Å². The Balaban J connectivity index is 2.57. The van der Waals surface area contributed by atoms with Crippen LogP contribution in [0.3, 0.4) is 0 Å². The van der Waals surface area contributed by atoms with Gasteiger partial charge in [-0.05, 0) is 6.92 Å². The van der Waals surface area contributed by atoms with E-state index in [-0.39, 0.29) is 5.91 Å². The molecule has 1 amide bonds. The molecule has 0 saturated heterocycles. The quantitative estimate of drug-likeness (QED) is 0.751. The molecule has 0 saturated carbocycles. The zero-order valence-corrected chi connectivity index (χ0v) is 9.81. The molecule has 17 heavy (non-hydrogen) atoms. The van der Waals surface area contributed by atoms with E-state index < -0.39 is 0 Å². The summed E-state index contributed by atoms with van der Waals surface area (Å²) in [5, 5.41) is 0.625. The summed E-state index contributed by atoms with van der Waals surface area (Å²) in [4.78, 5) is 14.9. The third-order valence-corrected chi connectivity index (χ3v) is 2.25. The second kappa shape index (κ2) is 4.78. The topological polar surface area (TPSA) is 42.6 Å². The number of rotatable bonds is 1. The number of benzene rings is 1. The fourth-order valence-corrected chi connectivity index (χ4v) is 1.61. The average molecular weight is 227 g/mol. The van der Waals surface area contributed by atoms with Crippen molar-refractivity contribution in [2.45, 2.75) is 13.8 Å². The lowest BCUT2D eigenvalue weighted by atomic mass is 10.1. The molecule has 3 heteroatoms. The largest absolute Gasteiger partial charge is 0.461 e. The number of carbonyl (C=O) groups excluding carboxylic acids is 1. The predicted octanol–water partition coefficient (Wildman–Crippen LogP) is 2.70. The lowest BCUT2D eigenvalue weighted by Crippen LogP contribution is -2.05. The number of hydrogen-bond acceptors (Lipinski definition) is 2. The van der Waals surface area contributed by atoms with E-state index in [0.717, 1.165) is 11.3 Å². The third kappa shape index (κ3) is 2.91. The Hall–Kier alpha value is -2.16. The maximum atomic E-state index is 11.0. The van der Waals surface area contributed by atoms with Gasteiger partial charge in [-0.3, -0.25) is 4.79 Å². The van der Waals surface area contributed by atoms with E-state index in [1.54, 1.807) is 12.1 Å². The molecule has 0 atom stereocenters. The molecule has 86 valence electrons. The van der Waals surface area contributed by atoms with Crippen LogP contribution in [0.1, 0.15) is 12.7 Å². The first-order valence-electron chi connectivity index (χ1n) is 5.37. The molecule has 1 aromatic carbocycles. The molecule has 1 aromatic heterocycles. The minimum absolute atomic E-state index is 0.213. The van der Waals surface area contributed by atoms with Gasteiger partial charge in [-0.2, -0.15) is 0 Å². The smallest absolute Gasteiger partial charge is 0.243 e. The van der Waals surface area contributed by atoms with Crippen molar-refractivity contribution in [2.24, 2.45) is 4.99 Å². The summed E-state index contributed by atoms with van der Waals surface area (Å²) < 4.78 is 5.61. The lowest BCUT2D eigenvalue weighted by Gasteiger charge is -2.02. The van der Waals surface area contributed by atoms with E-state index in [1.807, 2.05) is 37.3 Å². The van der Waals surface area contributed by atoms with Crippen molar-refractivity contribution in [2.75, 3.05) is 0 Å². The normalized spacial score (nSPS) is 11.5. The van der Waals surface area contributed by atoms with Crippen molar-refractivity contribution in [3.63, 3.8) is 0 Å². The summed E-state index contributed by atoms with van der Waals surface area (Å²) in [5.41, 5.74) is 0.969. The van der Waals surface area contributed by atoms with Crippen molar-refractivity contribution < 1.29 is 9.21 Å². The van der Waals surface area contributed by atoms with Crippen LogP contribution in [-0.2, 0) is 4.79 Å². The molecule has 0 aliphatic heterocycles. The minimum atomic E-state index is -0.213. The van der Waals surface area contributed by atoms with Crippen LogP contribution >= 0.6 is 0 Å². The van der Waals surface area contributed by atoms with Crippen molar-refractivity contribution in [1.82, 2.24) is 0 Å². The van der Waals surface area contributed by atoms with E-state index in [9.17, 15) is 4.79 Å². The van der Waals surface area contributed by atoms with Crippen molar-refractivity contribution in [1.29, 1.82) is 0 Å². The molecule has 1 heterocycles. The van der Waals surface area contributed by atoms with Gasteiger partial charge in [0, 0.05) is 24.6 Å². The molecular formula is C14H13NO2.